The lowest BCUT2D eigenvalue weighted by atomic mass is 10.1. The van der Waals surface area contributed by atoms with Gasteiger partial charge in [0, 0.05) is 17.5 Å². The van der Waals surface area contributed by atoms with Gasteiger partial charge in [-0.1, -0.05) is 35.9 Å². The summed E-state index contributed by atoms with van der Waals surface area (Å²) in [6.45, 7) is 3.29. The van der Waals surface area contributed by atoms with Crippen molar-refractivity contribution in [1.29, 1.82) is 0 Å². The first kappa shape index (κ1) is 14.0. The zero-order chi connectivity index (χ0) is 14.7. The Balaban J connectivity index is 1.62. The van der Waals surface area contributed by atoms with Crippen LogP contribution < -0.4 is 10.6 Å². The molecule has 2 aromatic rings. The summed E-state index contributed by atoms with van der Waals surface area (Å²) in [6, 6.07) is 8.07. The molecule has 2 heterocycles. The van der Waals surface area contributed by atoms with Crippen LogP contribution >= 0.6 is 11.3 Å². The quantitative estimate of drug-likeness (QED) is 0.852. The fourth-order valence-electron chi connectivity index (χ4n) is 2.23. The van der Waals surface area contributed by atoms with E-state index < -0.39 is 0 Å². The number of nitrogens with one attached hydrogen (secondary N) is 2. The van der Waals surface area contributed by atoms with E-state index in [1.807, 2.05) is 23.6 Å². The summed E-state index contributed by atoms with van der Waals surface area (Å²) in [4.78, 5) is 16.5. The molecular weight excluding hydrogens is 282 g/mol. The number of rotatable bonds is 4. The Morgan fingerprint density at radius 3 is 3.19 bits per heavy atom. The predicted octanol–water partition coefficient (Wildman–Crippen LogP) is 2.26. The van der Waals surface area contributed by atoms with Gasteiger partial charge in [0.25, 0.3) is 0 Å². The number of nitrogens with zero attached hydrogens (tertiary/aromatic N) is 1. The number of aromatic nitrogens is 1. The van der Waals surface area contributed by atoms with E-state index in [9.17, 15) is 4.79 Å². The van der Waals surface area contributed by atoms with Gasteiger partial charge in [-0.15, -0.1) is 11.3 Å². The van der Waals surface area contributed by atoms with Gasteiger partial charge in [0.15, 0.2) is 0 Å². The average molecular weight is 299 g/mol. The molecule has 0 aliphatic carbocycles. The van der Waals surface area contributed by atoms with Crippen molar-refractivity contribution >= 4 is 17.2 Å². The van der Waals surface area contributed by atoms with Gasteiger partial charge < -0.3 is 5.32 Å². The first-order valence-corrected chi connectivity index (χ1v) is 7.79. The molecule has 1 atom stereocenters. The summed E-state index contributed by atoms with van der Waals surface area (Å²) < 4.78 is 0. The van der Waals surface area contributed by atoms with E-state index in [1.165, 1.54) is 5.56 Å². The number of carbonyl (C=O) groups excluding carboxylic acids is 1. The monoisotopic (exact) mass is 299 g/mol. The first-order chi connectivity index (χ1) is 10.2. The molecule has 0 radical (unpaired) electrons. The second kappa shape index (κ2) is 6.20. The third-order valence-corrected chi connectivity index (χ3v) is 4.27. The molecule has 5 heteroatoms. The number of amides is 1. The highest BCUT2D eigenvalue weighted by Crippen LogP contribution is 2.24. The molecule has 2 N–H and O–H groups in total. The van der Waals surface area contributed by atoms with Crippen molar-refractivity contribution in [3.8, 4) is 10.6 Å². The number of hydrogen-bond acceptors (Lipinski definition) is 4. The van der Waals surface area contributed by atoms with Crippen LogP contribution in [0.25, 0.3) is 10.6 Å². The number of thiazole rings is 1. The van der Waals surface area contributed by atoms with Crippen LogP contribution in [0.15, 0.2) is 41.8 Å². The molecule has 0 spiro atoms. The van der Waals surface area contributed by atoms with E-state index in [2.05, 4.69) is 40.7 Å². The minimum atomic E-state index is -0.208. The molecule has 0 unspecified atom stereocenters. The van der Waals surface area contributed by atoms with Gasteiger partial charge in [-0.2, -0.15) is 0 Å². The van der Waals surface area contributed by atoms with E-state index in [-0.39, 0.29) is 11.9 Å². The Morgan fingerprint density at radius 2 is 2.43 bits per heavy atom. The predicted molar refractivity (Wildman–Crippen MR) is 85.1 cm³/mol. The number of aryl methyl sites for hydroxylation is 1. The Hall–Kier alpha value is -1.98. The second-order valence-corrected chi connectivity index (χ2v) is 5.90. The minimum absolute atomic E-state index is 0.00569. The lowest BCUT2D eigenvalue weighted by Gasteiger charge is -2.08. The largest absolute Gasteiger partial charge is 0.349 e. The molecule has 0 saturated heterocycles. The molecule has 1 aliphatic heterocycles. The van der Waals surface area contributed by atoms with E-state index >= 15 is 0 Å². The second-order valence-electron chi connectivity index (χ2n) is 5.05. The molecule has 1 aliphatic rings. The van der Waals surface area contributed by atoms with Crippen molar-refractivity contribution in [3.05, 3.63) is 53.1 Å². The highest BCUT2D eigenvalue weighted by atomic mass is 32.1. The molecule has 0 bridgehead atoms. The van der Waals surface area contributed by atoms with Gasteiger partial charge in [-0.3, -0.25) is 10.1 Å². The molecule has 1 amide bonds. The van der Waals surface area contributed by atoms with Crippen LogP contribution in [0.5, 0.6) is 0 Å². The van der Waals surface area contributed by atoms with E-state index in [4.69, 9.17) is 0 Å². The van der Waals surface area contributed by atoms with Crippen molar-refractivity contribution in [2.24, 2.45) is 0 Å². The zero-order valence-electron chi connectivity index (χ0n) is 11.8. The van der Waals surface area contributed by atoms with E-state index in [0.717, 1.165) is 22.8 Å². The third-order valence-electron chi connectivity index (χ3n) is 3.33. The van der Waals surface area contributed by atoms with Crippen LogP contribution in [0.3, 0.4) is 0 Å². The van der Waals surface area contributed by atoms with Gasteiger partial charge in [0.05, 0.1) is 12.2 Å². The third kappa shape index (κ3) is 3.37. The molecule has 4 nitrogen and oxygen atoms in total. The highest BCUT2D eigenvalue weighted by Gasteiger charge is 2.17. The number of benzene rings is 1. The molecule has 0 fully saturated rings. The van der Waals surface area contributed by atoms with Crippen LogP contribution in [-0.2, 0) is 11.3 Å². The number of hydrogen-bond donors (Lipinski definition) is 2. The Morgan fingerprint density at radius 1 is 1.52 bits per heavy atom. The van der Waals surface area contributed by atoms with Gasteiger partial charge in [0.2, 0.25) is 5.91 Å². The normalized spacial score (nSPS) is 17.1. The summed E-state index contributed by atoms with van der Waals surface area (Å²) >= 11 is 1.60. The maximum atomic E-state index is 11.9. The van der Waals surface area contributed by atoms with Crippen molar-refractivity contribution in [1.82, 2.24) is 15.6 Å². The fraction of sp³-hybridized carbons (Fsp3) is 0.250. The van der Waals surface area contributed by atoms with Gasteiger partial charge in [-0.25, -0.2) is 4.98 Å². The highest BCUT2D eigenvalue weighted by molar-refractivity contribution is 7.13. The van der Waals surface area contributed by atoms with Crippen LogP contribution in [0.1, 0.15) is 11.3 Å². The van der Waals surface area contributed by atoms with Crippen molar-refractivity contribution < 1.29 is 4.79 Å². The summed E-state index contributed by atoms with van der Waals surface area (Å²) in [5, 5.41) is 8.98. The molecule has 0 saturated carbocycles. The van der Waals surface area contributed by atoms with E-state index in [0.29, 0.717) is 6.54 Å². The lowest BCUT2D eigenvalue weighted by Crippen LogP contribution is -2.40. The van der Waals surface area contributed by atoms with Crippen LogP contribution in [0, 0.1) is 6.92 Å². The lowest BCUT2D eigenvalue weighted by molar-refractivity contribution is -0.122. The molecule has 108 valence electrons. The number of carbonyl (C=O) groups is 1. The van der Waals surface area contributed by atoms with Crippen LogP contribution in [0.2, 0.25) is 0 Å². The van der Waals surface area contributed by atoms with Gasteiger partial charge >= 0.3 is 0 Å². The minimum Gasteiger partial charge on any atom is -0.349 e. The van der Waals surface area contributed by atoms with Crippen LogP contribution in [-0.4, -0.2) is 23.5 Å². The summed E-state index contributed by atoms with van der Waals surface area (Å²) in [7, 11) is 0. The van der Waals surface area contributed by atoms with Crippen LogP contribution in [0.4, 0.5) is 0 Å². The molecule has 1 aromatic carbocycles. The molecule has 3 rings (SSSR count). The maximum Gasteiger partial charge on any atom is 0.241 e. The van der Waals surface area contributed by atoms with Crippen molar-refractivity contribution in [2.75, 3.05) is 6.54 Å². The Labute approximate surface area is 127 Å². The zero-order valence-corrected chi connectivity index (χ0v) is 12.6. The molecular formula is C16H17N3OS. The fourth-order valence-corrected chi connectivity index (χ4v) is 3.05. The van der Waals surface area contributed by atoms with E-state index in [1.54, 1.807) is 11.3 Å². The summed E-state index contributed by atoms with van der Waals surface area (Å²) in [5.74, 6) is -0.00569. The Kier molecular flexibility index (Phi) is 4.13. The average Bonchev–Trinajstić information content (AvgIpc) is 3.16. The van der Waals surface area contributed by atoms with Gasteiger partial charge in [-0.05, 0) is 13.0 Å². The summed E-state index contributed by atoms with van der Waals surface area (Å²) in [6.07, 6.45) is 3.84. The molecule has 1 aromatic heterocycles. The standard InChI is InChI=1S/C16H17N3OS/c1-11-4-2-5-12(8-11)16-19-13(10-21-16)9-18-15(20)14-6-3-7-17-14/h2-6,8,10,14,17H,7,9H2,1H3,(H,18,20)/t14-/m0/s1. The smallest absolute Gasteiger partial charge is 0.241 e. The SMILES string of the molecule is Cc1cccc(-c2nc(CNC(=O)[C@@H]3C=CCN3)cs2)c1. The topological polar surface area (TPSA) is 54.0 Å². The summed E-state index contributed by atoms with van der Waals surface area (Å²) in [5.41, 5.74) is 3.24. The Bertz CT molecular complexity index is 678. The van der Waals surface area contributed by atoms with Gasteiger partial charge in [0.1, 0.15) is 11.0 Å². The maximum absolute atomic E-state index is 11.9. The van der Waals surface area contributed by atoms with Crippen molar-refractivity contribution in [3.63, 3.8) is 0 Å². The molecule has 21 heavy (non-hydrogen) atoms. The first-order valence-electron chi connectivity index (χ1n) is 6.91. The van der Waals surface area contributed by atoms with Crippen molar-refractivity contribution in [2.45, 2.75) is 19.5 Å².